The van der Waals surface area contributed by atoms with Gasteiger partial charge >= 0.3 is 0 Å². The normalized spacial score (nSPS) is 12.8. The smallest absolute Gasteiger partial charge is 0.160 e. The van der Waals surface area contributed by atoms with Crippen LogP contribution in [0.25, 0.3) is 78.4 Å². The summed E-state index contributed by atoms with van der Waals surface area (Å²) in [5.41, 5.74) is 18.3. The fourth-order valence-electron chi connectivity index (χ4n) is 9.86. The van der Waals surface area contributed by atoms with Crippen molar-refractivity contribution < 1.29 is 4.74 Å². The van der Waals surface area contributed by atoms with E-state index in [1.165, 1.54) is 22.3 Å². The largest absolute Gasteiger partial charge is 0.456 e. The molecule has 2 aliphatic rings. The first-order valence-electron chi connectivity index (χ1n) is 21.1. The Balaban J connectivity index is 0.982. The topological polar surface area (TPSA) is 35.0 Å². The van der Waals surface area contributed by atoms with Gasteiger partial charge in [0.15, 0.2) is 5.82 Å². The summed E-state index contributed by atoms with van der Waals surface area (Å²) >= 11 is 0. The second-order valence-electron chi connectivity index (χ2n) is 16.0. The van der Waals surface area contributed by atoms with Crippen molar-refractivity contribution in [2.45, 2.75) is 5.41 Å². The van der Waals surface area contributed by atoms with Gasteiger partial charge < -0.3 is 4.74 Å². The minimum atomic E-state index is -0.520. The maximum Gasteiger partial charge on any atom is 0.160 e. The lowest BCUT2D eigenvalue weighted by atomic mass is 9.65. The van der Waals surface area contributed by atoms with E-state index >= 15 is 0 Å². The van der Waals surface area contributed by atoms with Gasteiger partial charge in [0.05, 0.1) is 16.8 Å². The molecular weight excluding hydrogens is 753 g/mol. The van der Waals surface area contributed by atoms with Gasteiger partial charge in [-0.3, -0.25) is 0 Å². The van der Waals surface area contributed by atoms with Crippen molar-refractivity contribution in [1.82, 2.24) is 9.97 Å². The van der Waals surface area contributed by atoms with Crippen LogP contribution in [0.3, 0.4) is 0 Å². The van der Waals surface area contributed by atoms with Gasteiger partial charge in [-0.15, -0.1) is 0 Å². The van der Waals surface area contributed by atoms with Crippen LogP contribution in [-0.4, -0.2) is 9.97 Å². The molecule has 0 N–H and O–H groups in total. The summed E-state index contributed by atoms with van der Waals surface area (Å²) in [5.74, 6) is 2.44. The summed E-state index contributed by atoms with van der Waals surface area (Å²) in [5, 5.41) is 0. The lowest BCUT2D eigenvalue weighted by Gasteiger charge is -2.40. The van der Waals surface area contributed by atoms with Crippen LogP contribution in [0.5, 0.6) is 11.5 Å². The van der Waals surface area contributed by atoms with Gasteiger partial charge in [0.25, 0.3) is 0 Å². The standard InChI is InChI=1S/C59H38N2O/c1-3-18-39(19-4-1)45-26-7-8-29-49(45)55-38-54(40-20-5-2-6-21-40)60-58(61-55)44-25-16-23-42(37-44)41-22-15-24-43(36-41)46-30-17-34-53-57(46)62-56-35-14-13-33-52(56)59(53)50-31-11-9-27-47(50)48-28-10-12-32-51(48)59/h1-38H. The second-order valence-corrected chi connectivity index (χ2v) is 16.0. The number of benzene rings is 9. The number of para-hydroxylation sites is 2. The van der Waals surface area contributed by atoms with Crippen molar-refractivity contribution in [1.29, 1.82) is 0 Å². The third kappa shape index (κ3) is 5.67. The molecule has 0 saturated heterocycles. The van der Waals surface area contributed by atoms with Crippen molar-refractivity contribution >= 4 is 0 Å². The van der Waals surface area contributed by atoms with Gasteiger partial charge in [-0.1, -0.05) is 206 Å². The number of ether oxygens (including phenoxy) is 1. The zero-order valence-electron chi connectivity index (χ0n) is 33.7. The lowest BCUT2D eigenvalue weighted by Crippen LogP contribution is -2.32. The summed E-state index contributed by atoms with van der Waals surface area (Å²) in [6, 6.07) is 81.8. The summed E-state index contributed by atoms with van der Waals surface area (Å²) in [4.78, 5) is 10.5. The number of hydrogen-bond donors (Lipinski definition) is 0. The number of fused-ring (bicyclic) bond motifs is 9. The summed E-state index contributed by atoms with van der Waals surface area (Å²) in [7, 11) is 0. The molecule has 290 valence electrons. The van der Waals surface area contributed by atoms with Crippen molar-refractivity contribution in [3.8, 4) is 89.9 Å². The summed E-state index contributed by atoms with van der Waals surface area (Å²) < 4.78 is 7.02. The molecule has 0 fully saturated rings. The van der Waals surface area contributed by atoms with E-state index in [0.29, 0.717) is 5.82 Å². The Bertz CT molecular complexity index is 3290. The molecule has 9 aromatic carbocycles. The number of hydrogen-bond acceptors (Lipinski definition) is 3. The highest BCUT2D eigenvalue weighted by molar-refractivity contribution is 5.91. The molecule has 10 aromatic rings. The van der Waals surface area contributed by atoms with E-state index in [2.05, 4.69) is 224 Å². The van der Waals surface area contributed by atoms with Gasteiger partial charge in [-0.25, -0.2) is 9.97 Å². The Morgan fingerprint density at radius 1 is 0.290 bits per heavy atom. The van der Waals surface area contributed by atoms with E-state index < -0.39 is 5.41 Å². The van der Waals surface area contributed by atoms with E-state index in [9.17, 15) is 0 Å². The van der Waals surface area contributed by atoms with E-state index in [-0.39, 0.29) is 0 Å². The van der Waals surface area contributed by atoms with Crippen LogP contribution in [0.2, 0.25) is 0 Å². The van der Waals surface area contributed by atoms with Gasteiger partial charge in [-0.05, 0) is 74.3 Å². The Hall–Kier alpha value is -8.14. The molecular formula is C59H38N2O. The molecule has 1 aliphatic carbocycles. The predicted octanol–water partition coefficient (Wildman–Crippen LogP) is 14.9. The summed E-state index contributed by atoms with van der Waals surface area (Å²) in [6.45, 7) is 0. The SMILES string of the molecule is c1ccc(-c2cc(-c3ccccc3-c3ccccc3)nc(-c3cccc(-c4cccc(-c5cccc6c5Oc5ccccc5C65c6ccccc6-c6ccccc65)c4)c3)n2)cc1. The molecule has 12 rings (SSSR count). The lowest BCUT2D eigenvalue weighted by molar-refractivity contribution is 0.438. The highest BCUT2D eigenvalue weighted by Crippen LogP contribution is 2.63. The first-order valence-corrected chi connectivity index (χ1v) is 21.1. The first-order chi connectivity index (χ1) is 30.7. The molecule has 62 heavy (non-hydrogen) atoms. The number of aromatic nitrogens is 2. The summed E-state index contributed by atoms with van der Waals surface area (Å²) in [6.07, 6.45) is 0. The second kappa shape index (κ2) is 14.5. The molecule has 1 aliphatic heterocycles. The fourth-order valence-corrected chi connectivity index (χ4v) is 9.86. The number of nitrogens with zero attached hydrogens (tertiary/aromatic N) is 2. The Morgan fingerprint density at radius 3 is 1.47 bits per heavy atom. The molecule has 1 aromatic heterocycles. The van der Waals surface area contributed by atoms with Crippen LogP contribution in [0.1, 0.15) is 22.3 Å². The van der Waals surface area contributed by atoms with Gasteiger partial charge in [-0.2, -0.15) is 0 Å². The Labute approximate surface area is 361 Å². The molecule has 0 bridgehead atoms. The van der Waals surface area contributed by atoms with Gasteiger partial charge in [0.1, 0.15) is 11.5 Å². The molecule has 0 radical (unpaired) electrons. The van der Waals surface area contributed by atoms with Crippen molar-refractivity contribution in [3.63, 3.8) is 0 Å². The first kappa shape index (κ1) is 35.8. The fraction of sp³-hybridized carbons (Fsp3) is 0.0169. The van der Waals surface area contributed by atoms with Crippen LogP contribution in [0, 0.1) is 0 Å². The highest BCUT2D eigenvalue weighted by atomic mass is 16.5. The zero-order valence-corrected chi connectivity index (χ0v) is 33.7. The van der Waals surface area contributed by atoms with Crippen LogP contribution in [0.15, 0.2) is 231 Å². The molecule has 3 heteroatoms. The van der Waals surface area contributed by atoms with Gasteiger partial charge in [0, 0.05) is 33.4 Å². The monoisotopic (exact) mass is 790 g/mol. The van der Waals surface area contributed by atoms with Gasteiger partial charge in [0.2, 0.25) is 0 Å². The number of rotatable bonds is 6. The quantitative estimate of drug-likeness (QED) is 0.168. The average Bonchev–Trinajstić information content (AvgIpc) is 3.65. The minimum absolute atomic E-state index is 0.520. The minimum Gasteiger partial charge on any atom is -0.456 e. The third-order valence-electron chi connectivity index (χ3n) is 12.6. The maximum absolute atomic E-state index is 7.02. The molecule has 1 spiro atoms. The average molecular weight is 791 g/mol. The predicted molar refractivity (Wildman–Crippen MR) is 252 cm³/mol. The van der Waals surface area contributed by atoms with Crippen LogP contribution in [-0.2, 0) is 5.41 Å². The van der Waals surface area contributed by atoms with E-state index in [1.54, 1.807) is 0 Å². The van der Waals surface area contributed by atoms with Crippen molar-refractivity contribution in [2.24, 2.45) is 0 Å². The molecule has 0 saturated carbocycles. The molecule has 0 amide bonds. The molecule has 0 unspecified atom stereocenters. The van der Waals surface area contributed by atoms with Crippen LogP contribution in [0.4, 0.5) is 0 Å². The highest BCUT2D eigenvalue weighted by Gasteiger charge is 2.51. The van der Waals surface area contributed by atoms with Crippen molar-refractivity contribution in [3.05, 3.63) is 253 Å². The van der Waals surface area contributed by atoms with E-state index in [4.69, 9.17) is 14.7 Å². The van der Waals surface area contributed by atoms with Crippen LogP contribution < -0.4 is 4.74 Å². The maximum atomic E-state index is 7.02. The van der Waals surface area contributed by atoms with E-state index in [0.717, 1.165) is 84.1 Å². The molecule has 0 atom stereocenters. The van der Waals surface area contributed by atoms with Crippen molar-refractivity contribution in [2.75, 3.05) is 0 Å². The van der Waals surface area contributed by atoms with Crippen LogP contribution >= 0.6 is 0 Å². The molecule has 3 nitrogen and oxygen atoms in total. The van der Waals surface area contributed by atoms with E-state index in [1.807, 2.05) is 6.07 Å². The zero-order chi connectivity index (χ0) is 41.0. The Morgan fingerprint density at radius 2 is 0.758 bits per heavy atom. The Kier molecular flexibility index (Phi) is 8.39. The third-order valence-corrected chi connectivity index (χ3v) is 12.6. The molecule has 2 heterocycles.